The van der Waals surface area contributed by atoms with E-state index in [1.54, 1.807) is 18.5 Å². The summed E-state index contributed by atoms with van der Waals surface area (Å²) in [6.07, 6.45) is 4.08. The smallest absolute Gasteiger partial charge is 0.144 e. The van der Waals surface area contributed by atoms with Crippen LogP contribution in [0.15, 0.2) is 18.5 Å². The van der Waals surface area contributed by atoms with E-state index in [0.29, 0.717) is 12.4 Å². The first-order valence-corrected chi connectivity index (χ1v) is 3.57. The molecular weight excluding hydrogens is 227 g/mol. The van der Waals surface area contributed by atoms with Crippen LogP contribution >= 0.6 is 24.8 Å². The molecule has 7 heteroatoms. The zero-order chi connectivity index (χ0) is 8.10. The molecule has 0 saturated heterocycles. The Balaban J connectivity index is -0.000000403. The lowest BCUT2D eigenvalue weighted by molar-refractivity contribution is 0.620. The highest BCUT2D eigenvalue weighted by molar-refractivity contribution is 5.85. The zero-order valence-corrected chi connectivity index (χ0v) is 9.22. The molecule has 1 unspecified atom stereocenters. The molecule has 1 aromatic heterocycles. The van der Waals surface area contributed by atoms with Crippen molar-refractivity contribution in [3.63, 3.8) is 0 Å². The second-order valence-electron chi connectivity index (χ2n) is 2.29. The molecular formula is C7H16Cl2N4O. The highest BCUT2D eigenvalue weighted by Crippen LogP contribution is 2.04. The van der Waals surface area contributed by atoms with Crippen molar-refractivity contribution >= 4 is 24.8 Å². The molecule has 0 aromatic carbocycles. The number of nitrogens with zero attached hydrogens (tertiary/aromatic N) is 2. The van der Waals surface area contributed by atoms with E-state index in [-0.39, 0.29) is 36.3 Å². The van der Waals surface area contributed by atoms with Crippen LogP contribution < -0.4 is 11.5 Å². The monoisotopic (exact) mass is 242 g/mol. The number of aromatic nitrogens is 2. The third-order valence-electron chi connectivity index (χ3n) is 1.40. The van der Waals surface area contributed by atoms with E-state index >= 15 is 0 Å². The molecule has 5 nitrogen and oxygen atoms in total. The Morgan fingerprint density at radius 2 is 1.71 bits per heavy atom. The Kier molecular flexibility index (Phi) is 14.5. The number of rotatable bonds is 3. The molecule has 0 radical (unpaired) electrons. The molecule has 0 fully saturated rings. The van der Waals surface area contributed by atoms with Gasteiger partial charge in [-0.2, -0.15) is 0 Å². The van der Waals surface area contributed by atoms with Crippen LogP contribution in [0.1, 0.15) is 18.3 Å². The van der Waals surface area contributed by atoms with E-state index < -0.39 is 0 Å². The second kappa shape index (κ2) is 10.6. The first-order chi connectivity index (χ1) is 5.34. The van der Waals surface area contributed by atoms with E-state index in [1.807, 2.05) is 0 Å². The standard InChI is InChI=1S/C7H12N4.2ClH.H2O/c8-3-2-6(9)7-10-4-1-5-11-7;;;/h1,4-6H,2-3,8-9H2;2*1H;1H2. The van der Waals surface area contributed by atoms with Gasteiger partial charge in [0.05, 0.1) is 6.04 Å². The van der Waals surface area contributed by atoms with Gasteiger partial charge in [-0.3, -0.25) is 0 Å². The summed E-state index contributed by atoms with van der Waals surface area (Å²) < 4.78 is 0. The molecule has 0 aliphatic rings. The quantitative estimate of drug-likeness (QED) is 0.768. The minimum absolute atomic E-state index is 0. The van der Waals surface area contributed by atoms with Crippen molar-refractivity contribution in [3.05, 3.63) is 24.3 Å². The first-order valence-electron chi connectivity index (χ1n) is 3.57. The van der Waals surface area contributed by atoms with Gasteiger partial charge in [-0.15, -0.1) is 24.8 Å². The Morgan fingerprint density at radius 1 is 1.21 bits per heavy atom. The Hall–Kier alpha value is -0.460. The maximum absolute atomic E-state index is 5.70. The van der Waals surface area contributed by atoms with Crippen molar-refractivity contribution in [2.24, 2.45) is 11.5 Å². The summed E-state index contributed by atoms with van der Waals surface area (Å²) >= 11 is 0. The molecule has 0 bridgehead atoms. The maximum Gasteiger partial charge on any atom is 0.144 e. The van der Waals surface area contributed by atoms with E-state index in [1.165, 1.54) is 0 Å². The van der Waals surface area contributed by atoms with Crippen LogP contribution in [0, 0.1) is 0 Å². The van der Waals surface area contributed by atoms with E-state index in [2.05, 4.69) is 9.97 Å². The van der Waals surface area contributed by atoms with E-state index in [9.17, 15) is 0 Å². The molecule has 84 valence electrons. The molecule has 6 N–H and O–H groups in total. The van der Waals surface area contributed by atoms with E-state index in [4.69, 9.17) is 11.5 Å². The van der Waals surface area contributed by atoms with Gasteiger partial charge < -0.3 is 16.9 Å². The van der Waals surface area contributed by atoms with Gasteiger partial charge in [-0.05, 0) is 19.0 Å². The number of halogens is 2. The van der Waals surface area contributed by atoms with Gasteiger partial charge in [0.2, 0.25) is 0 Å². The summed E-state index contributed by atoms with van der Waals surface area (Å²) in [5, 5.41) is 0. The number of nitrogens with two attached hydrogens (primary N) is 2. The molecule has 0 aliphatic heterocycles. The highest BCUT2D eigenvalue weighted by atomic mass is 35.5. The minimum atomic E-state index is -0.124. The van der Waals surface area contributed by atoms with Crippen molar-refractivity contribution < 1.29 is 5.48 Å². The fourth-order valence-corrected chi connectivity index (χ4v) is 0.811. The first kappa shape index (κ1) is 19.2. The Morgan fingerprint density at radius 3 is 2.14 bits per heavy atom. The minimum Gasteiger partial charge on any atom is -0.412 e. The van der Waals surface area contributed by atoms with Gasteiger partial charge in [-0.25, -0.2) is 9.97 Å². The molecule has 0 amide bonds. The third-order valence-corrected chi connectivity index (χ3v) is 1.40. The van der Waals surface area contributed by atoms with Crippen LogP contribution in [0.25, 0.3) is 0 Å². The van der Waals surface area contributed by atoms with Crippen molar-refractivity contribution in [1.82, 2.24) is 9.97 Å². The second-order valence-corrected chi connectivity index (χ2v) is 2.29. The summed E-state index contributed by atoms with van der Waals surface area (Å²) in [6.45, 7) is 0.569. The molecule has 0 spiro atoms. The molecule has 1 aromatic rings. The molecule has 1 atom stereocenters. The molecule has 14 heavy (non-hydrogen) atoms. The summed E-state index contributed by atoms with van der Waals surface area (Å²) in [5.41, 5.74) is 11.0. The lowest BCUT2D eigenvalue weighted by atomic mass is 10.2. The average Bonchev–Trinajstić information content (AvgIpc) is 2.07. The summed E-state index contributed by atoms with van der Waals surface area (Å²) in [6, 6.07) is 1.64. The van der Waals surface area contributed by atoms with Crippen LogP contribution in [0.4, 0.5) is 0 Å². The van der Waals surface area contributed by atoms with Crippen LogP contribution in [-0.4, -0.2) is 22.0 Å². The van der Waals surface area contributed by atoms with E-state index in [0.717, 1.165) is 6.42 Å². The van der Waals surface area contributed by atoms with Crippen LogP contribution in [0.3, 0.4) is 0 Å². The lowest BCUT2D eigenvalue weighted by Gasteiger charge is -2.06. The molecule has 1 heterocycles. The normalized spacial score (nSPS) is 10.1. The molecule has 0 saturated carbocycles. The topological polar surface area (TPSA) is 109 Å². The maximum atomic E-state index is 5.70. The Bertz CT molecular complexity index is 212. The van der Waals surface area contributed by atoms with Gasteiger partial charge in [0.25, 0.3) is 0 Å². The van der Waals surface area contributed by atoms with Crippen molar-refractivity contribution in [2.75, 3.05) is 6.54 Å². The number of hydrogen-bond acceptors (Lipinski definition) is 4. The molecule has 1 rings (SSSR count). The zero-order valence-electron chi connectivity index (χ0n) is 7.59. The Labute approximate surface area is 95.4 Å². The summed E-state index contributed by atoms with van der Waals surface area (Å²) in [4.78, 5) is 8.01. The summed E-state index contributed by atoms with van der Waals surface area (Å²) in [5.74, 6) is 0.665. The van der Waals surface area contributed by atoms with Gasteiger partial charge in [0, 0.05) is 12.4 Å². The average molecular weight is 243 g/mol. The number of hydrogen-bond donors (Lipinski definition) is 2. The van der Waals surface area contributed by atoms with Crippen LogP contribution in [0.5, 0.6) is 0 Å². The van der Waals surface area contributed by atoms with Gasteiger partial charge in [0.1, 0.15) is 5.82 Å². The highest BCUT2D eigenvalue weighted by Gasteiger charge is 2.05. The lowest BCUT2D eigenvalue weighted by Crippen LogP contribution is -2.17. The third kappa shape index (κ3) is 6.06. The fourth-order valence-electron chi connectivity index (χ4n) is 0.811. The van der Waals surface area contributed by atoms with Gasteiger partial charge in [-0.1, -0.05) is 0 Å². The van der Waals surface area contributed by atoms with Crippen LogP contribution in [-0.2, 0) is 0 Å². The van der Waals surface area contributed by atoms with Crippen molar-refractivity contribution in [1.29, 1.82) is 0 Å². The summed E-state index contributed by atoms with van der Waals surface area (Å²) in [7, 11) is 0. The van der Waals surface area contributed by atoms with Gasteiger partial charge >= 0.3 is 0 Å². The predicted octanol–water partition coefficient (Wildman–Crippen LogP) is -0.156. The largest absolute Gasteiger partial charge is 0.412 e. The fraction of sp³-hybridized carbons (Fsp3) is 0.429. The van der Waals surface area contributed by atoms with Crippen molar-refractivity contribution in [3.8, 4) is 0 Å². The van der Waals surface area contributed by atoms with Crippen LogP contribution in [0.2, 0.25) is 0 Å². The SMILES string of the molecule is Cl.Cl.NCCC(N)c1ncccn1.O. The predicted molar refractivity (Wildman–Crippen MR) is 60.7 cm³/mol. The van der Waals surface area contributed by atoms with Gasteiger partial charge in [0.15, 0.2) is 0 Å². The van der Waals surface area contributed by atoms with Crippen molar-refractivity contribution in [2.45, 2.75) is 12.5 Å². The molecule has 0 aliphatic carbocycles.